The van der Waals surface area contributed by atoms with Gasteiger partial charge in [0.15, 0.2) is 37.2 Å². The summed E-state index contributed by atoms with van der Waals surface area (Å²) < 4.78 is 112. The van der Waals surface area contributed by atoms with Crippen molar-refractivity contribution in [2.24, 2.45) is 0 Å². The van der Waals surface area contributed by atoms with Crippen molar-refractivity contribution in [3.05, 3.63) is 323 Å². The van der Waals surface area contributed by atoms with Crippen molar-refractivity contribution in [1.82, 2.24) is 0 Å². The molecular weight excluding hydrogens is 1320 g/mol. The summed E-state index contributed by atoms with van der Waals surface area (Å²) in [5.41, 5.74) is 7.05. The molecular formula is C85H86O19. The van der Waals surface area contributed by atoms with E-state index in [1.165, 1.54) is 0 Å². The van der Waals surface area contributed by atoms with Gasteiger partial charge < -0.3 is 75.8 Å². The zero-order chi connectivity index (χ0) is 70.9. The summed E-state index contributed by atoms with van der Waals surface area (Å²) in [6.45, 7) is 0.441. The molecule has 0 N–H and O–H groups in total. The molecule has 0 saturated carbocycles. The molecule has 9 aromatic carbocycles. The first-order valence-corrected chi connectivity index (χ1v) is 35.3. The molecule has 4 aliphatic heterocycles. The predicted molar refractivity (Wildman–Crippen MR) is 380 cm³/mol. The Balaban J connectivity index is 0.923. The Morgan fingerprint density at radius 2 is 0.635 bits per heavy atom. The lowest BCUT2D eigenvalue weighted by Crippen LogP contribution is -2.68. The molecule has 0 radical (unpaired) electrons. The number of hydrogen-bond acceptors (Lipinski definition) is 19. The van der Waals surface area contributed by atoms with Crippen molar-refractivity contribution in [3.63, 3.8) is 0 Å². The smallest absolute Gasteiger partial charge is 0.338 e. The topological polar surface area (TPSA) is 199 Å². The molecule has 0 bridgehead atoms. The van der Waals surface area contributed by atoms with Crippen LogP contribution in [0.5, 0.6) is 0 Å². The van der Waals surface area contributed by atoms with Gasteiger partial charge in [-0.2, -0.15) is 0 Å². The number of carbonyl (C=O) groups excluding carboxylic acids is 3. The molecule has 540 valence electrons. The largest absolute Gasteiger partial charge is 0.455 e. The highest BCUT2D eigenvalue weighted by molar-refractivity contribution is 5.89. The van der Waals surface area contributed by atoms with E-state index in [9.17, 15) is 14.4 Å². The fraction of sp³-hybridized carbons (Fsp3) is 0.329. The van der Waals surface area contributed by atoms with E-state index >= 15 is 0 Å². The van der Waals surface area contributed by atoms with Crippen molar-refractivity contribution in [2.45, 2.75) is 158 Å². The fourth-order valence-electron chi connectivity index (χ4n) is 13.0. The molecule has 4 saturated heterocycles. The molecule has 0 aliphatic carbocycles. The van der Waals surface area contributed by atoms with Crippen molar-refractivity contribution < 1.29 is 90.2 Å². The zero-order valence-corrected chi connectivity index (χ0v) is 57.6. The molecule has 0 spiro atoms. The van der Waals surface area contributed by atoms with Gasteiger partial charge >= 0.3 is 17.9 Å². The minimum absolute atomic E-state index is 0.00113. The van der Waals surface area contributed by atoms with Gasteiger partial charge in [0.2, 0.25) is 0 Å². The van der Waals surface area contributed by atoms with Gasteiger partial charge in [-0.15, -0.1) is 0 Å². The maximum Gasteiger partial charge on any atom is 0.338 e. The van der Waals surface area contributed by atoms with Gasteiger partial charge in [0.25, 0.3) is 0 Å². The van der Waals surface area contributed by atoms with E-state index in [0.29, 0.717) is 0 Å². The monoisotopic (exact) mass is 1410 g/mol. The highest BCUT2D eigenvalue weighted by Gasteiger charge is 2.59. The lowest BCUT2D eigenvalue weighted by atomic mass is 9.95. The summed E-state index contributed by atoms with van der Waals surface area (Å²) >= 11 is 0. The van der Waals surface area contributed by atoms with Crippen LogP contribution in [0.15, 0.2) is 273 Å². The van der Waals surface area contributed by atoms with Gasteiger partial charge in [0.05, 0.1) is 91.1 Å². The van der Waals surface area contributed by atoms with Crippen molar-refractivity contribution in [1.29, 1.82) is 0 Å². The minimum atomic E-state index is -1.63. The maximum atomic E-state index is 14.9. The van der Waals surface area contributed by atoms with Crippen LogP contribution < -0.4 is 0 Å². The summed E-state index contributed by atoms with van der Waals surface area (Å²) in [6, 6.07) is 85.8. The molecule has 0 unspecified atom stereocenters. The predicted octanol–water partition coefficient (Wildman–Crippen LogP) is 13.0. The number of fused-ring (bicyclic) bond motifs is 2. The standard InChI is InChI=1S/C85H86O19/c86-71-46-47-72(87)101-80-77(94-53-64-38-20-6-21-39-64)74(103-84-79(95-54-65-40-22-7-23-41-65)76(93-52-63-36-18-5-19-37-63)73(92-51-62-34-16-4-17-35-62)68(98-84)56-89-48-59-28-10-1-11-29-59)69(57-90-49-60-30-12-2-13-31-60)99-85(80)104-75-70(58-91-50-61-32-14-3-15-33-61)97-83(96-55-66-42-24-8-25-43-66)81(78(75)100-71)102-82(88)67-44-26-9-27-45-67/h1-45,68-70,73-81,83-85H,46-58H2/t68-,69+,70-,73+,74-,75-,76+,77+,78+,79-,80-,81-,83+,84+,85-/m1/s1. The van der Waals surface area contributed by atoms with Crippen molar-refractivity contribution in [2.75, 3.05) is 19.8 Å². The highest BCUT2D eigenvalue weighted by atomic mass is 16.8. The quantitative estimate of drug-likeness (QED) is 0.0293. The second-order valence-electron chi connectivity index (χ2n) is 25.8. The Hall–Kier alpha value is -9.13. The molecule has 19 nitrogen and oxygen atoms in total. The summed E-state index contributed by atoms with van der Waals surface area (Å²) in [5.74, 6) is -2.43. The Morgan fingerprint density at radius 1 is 0.298 bits per heavy atom. The average molecular weight is 1410 g/mol. The third-order valence-electron chi connectivity index (χ3n) is 18.3. The third kappa shape index (κ3) is 20.6. The SMILES string of the molecule is O=C1CCC(=O)O[C@H]2[C@@H](O[C@H]3[C@H](O1)[C@@H](OC(=O)c1ccccc1)[C@@H](OCc1ccccc1)O[C@@H]3COCc1ccccc1)O[C@@H](COCc1ccccc1)[C@@H](O[C@@H]1O[C@H](COCc3ccccc3)[C@H](OCc3ccccc3)[C@H](OCc3ccccc3)[C@H]1OCc1ccccc1)[C@@H]2OCc1ccccc1. The maximum absolute atomic E-state index is 14.9. The third-order valence-corrected chi connectivity index (χ3v) is 18.3. The number of rotatable bonds is 31. The van der Waals surface area contributed by atoms with Crippen LogP contribution in [0.3, 0.4) is 0 Å². The lowest BCUT2D eigenvalue weighted by molar-refractivity contribution is -0.388. The van der Waals surface area contributed by atoms with Gasteiger partial charge in [-0.1, -0.05) is 261 Å². The van der Waals surface area contributed by atoms with Crippen LogP contribution in [0.4, 0.5) is 0 Å². The van der Waals surface area contributed by atoms with Gasteiger partial charge in [-0.05, 0) is 56.6 Å². The number of ether oxygens (including phenoxy) is 16. The van der Waals surface area contributed by atoms with E-state index in [1.807, 2.05) is 243 Å². The first kappa shape index (κ1) is 73.2. The molecule has 4 aliphatic rings. The number of hydrogen-bond donors (Lipinski definition) is 0. The molecule has 13 rings (SSSR count). The first-order valence-electron chi connectivity index (χ1n) is 35.3. The average Bonchev–Trinajstić information content (AvgIpc) is 1.01. The van der Waals surface area contributed by atoms with E-state index in [1.54, 1.807) is 30.3 Å². The molecule has 19 heteroatoms. The van der Waals surface area contributed by atoms with Crippen LogP contribution in [0.25, 0.3) is 0 Å². The number of carbonyl (C=O) groups is 3. The summed E-state index contributed by atoms with van der Waals surface area (Å²) in [5, 5.41) is 0. The molecule has 15 atom stereocenters. The molecule has 0 amide bonds. The van der Waals surface area contributed by atoms with E-state index in [4.69, 9.17) is 75.8 Å². The summed E-state index contributed by atoms with van der Waals surface area (Å²) in [6.07, 6.45) is -20.2. The first-order chi connectivity index (χ1) is 51.3. The van der Waals surface area contributed by atoms with Crippen molar-refractivity contribution in [3.8, 4) is 0 Å². The second-order valence-corrected chi connectivity index (χ2v) is 25.8. The summed E-state index contributed by atoms with van der Waals surface area (Å²) in [4.78, 5) is 44.1. The van der Waals surface area contributed by atoms with Crippen LogP contribution in [-0.2, 0) is 138 Å². The minimum Gasteiger partial charge on any atom is -0.455 e. The van der Waals surface area contributed by atoms with Crippen molar-refractivity contribution >= 4 is 17.9 Å². The number of esters is 3. The Morgan fingerprint density at radius 3 is 1.07 bits per heavy atom. The molecule has 104 heavy (non-hydrogen) atoms. The second kappa shape index (κ2) is 38.0. The molecule has 4 heterocycles. The van der Waals surface area contributed by atoms with E-state index in [-0.39, 0.29) is 78.2 Å². The van der Waals surface area contributed by atoms with Crippen LogP contribution in [0, 0.1) is 0 Å². The highest BCUT2D eigenvalue weighted by Crippen LogP contribution is 2.40. The number of benzene rings is 9. The van der Waals surface area contributed by atoms with E-state index in [2.05, 4.69) is 0 Å². The zero-order valence-electron chi connectivity index (χ0n) is 57.6. The summed E-state index contributed by atoms with van der Waals surface area (Å²) in [7, 11) is 0. The molecule has 4 fully saturated rings. The van der Waals surface area contributed by atoms with Crippen LogP contribution in [0.2, 0.25) is 0 Å². The van der Waals surface area contributed by atoms with Crippen LogP contribution in [0.1, 0.15) is 67.7 Å². The van der Waals surface area contributed by atoms with Gasteiger partial charge in [0, 0.05) is 0 Å². The van der Waals surface area contributed by atoms with E-state index < -0.39 is 123 Å². The van der Waals surface area contributed by atoms with Gasteiger partial charge in [-0.25, -0.2) is 4.79 Å². The van der Waals surface area contributed by atoms with Gasteiger partial charge in [0.1, 0.15) is 54.9 Å². The van der Waals surface area contributed by atoms with Gasteiger partial charge in [-0.3, -0.25) is 9.59 Å². The normalized spacial score (nSPS) is 25.6. The fourth-order valence-corrected chi connectivity index (χ4v) is 13.0. The Kier molecular flexibility index (Phi) is 26.8. The van der Waals surface area contributed by atoms with Crippen LogP contribution in [-0.4, -0.2) is 130 Å². The lowest BCUT2D eigenvalue weighted by Gasteiger charge is -2.51. The molecule has 0 aromatic heterocycles. The van der Waals surface area contributed by atoms with E-state index in [0.717, 1.165) is 44.5 Å². The van der Waals surface area contributed by atoms with Crippen LogP contribution >= 0.6 is 0 Å². The molecule has 9 aromatic rings. The Bertz CT molecular complexity index is 3990. The Labute approximate surface area is 605 Å².